The number of allylic oxidation sites excluding steroid dienone is 4. The molecule has 0 heterocycles. The number of nitrogens with zero attached hydrogens (tertiary/aromatic N) is 2. The van der Waals surface area contributed by atoms with Crippen molar-refractivity contribution in [1.29, 1.82) is 10.5 Å². The summed E-state index contributed by atoms with van der Waals surface area (Å²) in [5, 5.41) is 14.6. The molecule has 1 radical (unpaired) electrons. The Morgan fingerprint density at radius 2 is 0.952 bits per heavy atom. The van der Waals surface area contributed by atoms with Crippen LogP contribution in [0, 0.1) is 34.5 Å². The monoisotopic (exact) mass is 512 g/mol. The summed E-state index contributed by atoms with van der Waals surface area (Å²) in [6.07, 6.45) is 10.5. The maximum Gasteiger partial charge on any atom is 0 e. The molecular formula is C11H14F6N2RhSb-. The first kappa shape index (κ1) is 25.4. The van der Waals surface area contributed by atoms with Crippen molar-refractivity contribution in [1.82, 2.24) is 0 Å². The van der Waals surface area contributed by atoms with Gasteiger partial charge < -0.3 is 0 Å². The number of hydrogen-bond donors (Lipinski definition) is 0. The second-order valence-electron chi connectivity index (χ2n) is 3.74. The summed E-state index contributed by atoms with van der Waals surface area (Å²) >= 11 is -11.2. The van der Waals surface area contributed by atoms with Gasteiger partial charge in [0.15, 0.2) is 0 Å². The number of rotatable bonds is 0. The molecule has 0 aliphatic heterocycles. The van der Waals surface area contributed by atoms with Gasteiger partial charge >= 0.3 is 36.4 Å². The average Bonchev–Trinajstić information content (AvgIpc) is 2.77. The van der Waals surface area contributed by atoms with Crippen LogP contribution < -0.4 is 0 Å². The molecule has 10 heteroatoms. The van der Waals surface area contributed by atoms with E-state index in [4.69, 9.17) is 10.5 Å². The molecule has 0 N–H and O–H groups in total. The standard InChI is InChI=1S/C7H8.2C2H3N.6FH.Rh.Sb/c1-2-7-4-3-6(1)5-7;2*1-2-3;;;;;;;;/h1-4,6-7H,5H2;2*1H3;6*1H;;/q;;;;;;;;;;+5/p-6. The Morgan fingerprint density at radius 1 is 0.810 bits per heavy atom. The van der Waals surface area contributed by atoms with Crippen LogP contribution in [0.15, 0.2) is 24.3 Å². The summed E-state index contributed by atoms with van der Waals surface area (Å²) in [5.41, 5.74) is 0. The van der Waals surface area contributed by atoms with Crippen LogP contribution in [0.4, 0.5) is 16.9 Å². The van der Waals surface area contributed by atoms with Crippen molar-refractivity contribution in [3.63, 3.8) is 0 Å². The Labute approximate surface area is 134 Å². The van der Waals surface area contributed by atoms with E-state index in [9.17, 15) is 16.9 Å². The Hall–Kier alpha value is -0.518. The fourth-order valence-corrected chi connectivity index (χ4v) is 1.33. The Morgan fingerprint density at radius 3 is 1.00 bits per heavy atom. The quantitative estimate of drug-likeness (QED) is 0.262. The first-order valence-corrected chi connectivity index (χ1v) is 11.1. The van der Waals surface area contributed by atoms with Crippen LogP contribution in [0.25, 0.3) is 0 Å². The summed E-state index contributed by atoms with van der Waals surface area (Å²) in [7, 11) is 0. The molecule has 0 amide bonds. The maximum absolute atomic E-state index is 11.2. The third-order valence-corrected chi connectivity index (χ3v) is 1.76. The molecule has 0 aromatic carbocycles. The van der Waals surface area contributed by atoms with Crippen molar-refractivity contribution in [2.75, 3.05) is 0 Å². The summed E-state index contributed by atoms with van der Waals surface area (Å²) in [6.45, 7) is 2.86. The van der Waals surface area contributed by atoms with E-state index in [1.807, 2.05) is 0 Å². The molecule has 0 saturated heterocycles. The summed E-state index contributed by atoms with van der Waals surface area (Å²) < 4.78 is 59.6. The minimum absolute atomic E-state index is 0. The van der Waals surface area contributed by atoms with E-state index in [-0.39, 0.29) is 19.5 Å². The van der Waals surface area contributed by atoms with Gasteiger partial charge in [-0.25, -0.2) is 0 Å². The molecule has 125 valence electrons. The van der Waals surface area contributed by atoms with E-state index in [0.717, 1.165) is 11.8 Å². The van der Waals surface area contributed by atoms with Gasteiger partial charge in [-0.2, -0.15) is 10.5 Å². The molecule has 2 aliphatic rings. The van der Waals surface area contributed by atoms with Gasteiger partial charge in [0.1, 0.15) is 0 Å². The smallest absolute Gasteiger partial charge is 0 e. The number of hydrogen-bond acceptors (Lipinski definition) is 2. The first-order chi connectivity index (χ1) is 8.73. The van der Waals surface area contributed by atoms with Gasteiger partial charge in [-0.15, -0.1) is 0 Å². The topological polar surface area (TPSA) is 47.6 Å². The fourth-order valence-electron chi connectivity index (χ4n) is 1.33. The molecule has 0 atom stereocenters. The SMILES string of the molecule is C1=CC2C=CC1C2.CC#N.CC#N.[F][Sb-]([F])([F])([F])([F])[F].[Rh]. The van der Waals surface area contributed by atoms with Gasteiger partial charge in [0, 0.05) is 33.3 Å². The summed E-state index contributed by atoms with van der Waals surface area (Å²) in [5.74, 6) is 1.62. The number of fused-ring (bicyclic) bond motifs is 2. The van der Waals surface area contributed by atoms with Crippen LogP contribution in [-0.2, 0) is 19.5 Å². The molecule has 0 aromatic rings. The summed E-state index contributed by atoms with van der Waals surface area (Å²) in [6, 6.07) is 3.50. The van der Waals surface area contributed by atoms with Gasteiger partial charge in [-0.3, -0.25) is 0 Å². The van der Waals surface area contributed by atoms with Gasteiger partial charge in [0.25, 0.3) is 0 Å². The van der Waals surface area contributed by atoms with Crippen LogP contribution in [0.2, 0.25) is 0 Å². The molecule has 0 unspecified atom stereocenters. The van der Waals surface area contributed by atoms with Crippen LogP contribution in [-0.4, -0.2) is 19.5 Å². The fraction of sp³-hybridized carbons (Fsp3) is 0.455. The molecule has 2 rings (SSSR count). The predicted molar refractivity (Wildman–Crippen MR) is 64.9 cm³/mol. The van der Waals surface area contributed by atoms with Crippen molar-refractivity contribution in [2.24, 2.45) is 11.8 Å². The first-order valence-electron chi connectivity index (χ1n) is 5.28. The number of halogens is 6. The van der Waals surface area contributed by atoms with Crippen molar-refractivity contribution < 1.29 is 36.4 Å². The normalized spacial score (nSPS) is 23.0. The average molecular weight is 513 g/mol. The third-order valence-electron chi connectivity index (χ3n) is 1.76. The largest absolute Gasteiger partial charge is 0 e. The van der Waals surface area contributed by atoms with Gasteiger partial charge in [0.05, 0.1) is 12.1 Å². The summed E-state index contributed by atoms with van der Waals surface area (Å²) in [4.78, 5) is 0. The van der Waals surface area contributed by atoms with Gasteiger partial charge in [-0.05, 0) is 18.3 Å². The van der Waals surface area contributed by atoms with Gasteiger partial charge in [-0.1, -0.05) is 24.3 Å². The molecular weight excluding hydrogens is 499 g/mol. The minimum Gasteiger partial charge on any atom is 0 e. The molecule has 21 heavy (non-hydrogen) atoms. The van der Waals surface area contributed by atoms with E-state index >= 15 is 0 Å². The van der Waals surface area contributed by atoms with Crippen LogP contribution in [0.5, 0.6) is 0 Å². The van der Waals surface area contributed by atoms with Crippen LogP contribution in [0.1, 0.15) is 20.3 Å². The van der Waals surface area contributed by atoms with Crippen molar-refractivity contribution >= 4 is 19.5 Å². The second kappa shape index (κ2) is 8.81. The molecule has 0 aromatic heterocycles. The molecule has 0 saturated carbocycles. The Bertz CT molecular complexity index is 391. The van der Waals surface area contributed by atoms with E-state index < -0.39 is 19.5 Å². The zero-order valence-corrected chi connectivity index (χ0v) is 15.3. The zero-order valence-electron chi connectivity index (χ0n) is 11.1. The predicted octanol–water partition coefficient (Wildman–Crippen LogP) is 4.95. The number of nitriles is 2. The minimum atomic E-state index is -11.2. The molecule has 2 nitrogen and oxygen atoms in total. The zero-order chi connectivity index (χ0) is 16.5. The van der Waals surface area contributed by atoms with Crippen LogP contribution in [0.3, 0.4) is 0 Å². The van der Waals surface area contributed by atoms with Crippen molar-refractivity contribution in [3.05, 3.63) is 24.3 Å². The van der Waals surface area contributed by atoms with E-state index in [1.165, 1.54) is 20.3 Å². The van der Waals surface area contributed by atoms with Crippen molar-refractivity contribution in [3.8, 4) is 12.1 Å². The second-order valence-corrected chi connectivity index (χ2v) is 9.21. The van der Waals surface area contributed by atoms with Crippen LogP contribution >= 0.6 is 0 Å². The molecule has 0 fully saturated rings. The van der Waals surface area contributed by atoms with E-state index in [2.05, 4.69) is 24.3 Å². The molecule has 2 bridgehead atoms. The Kier molecular flexibility index (Phi) is 10.7. The molecule has 2 aliphatic carbocycles. The third kappa shape index (κ3) is 32.8. The Balaban J connectivity index is -0.000000220. The van der Waals surface area contributed by atoms with E-state index in [0.29, 0.717) is 0 Å². The maximum atomic E-state index is 9.93. The van der Waals surface area contributed by atoms with Gasteiger partial charge in [0.2, 0.25) is 0 Å². The van der Waals surface area contributed by atoms with Crippen molar-refractivity contribution in [2.45, 2.75) is 20.3 Å². The van der Waals surface area contributed by atoms with E-state index in [1.54, 1.807) is 12.1 Å². The molecule has 0 spiro atoms.